The van der Waals surface area contributed by atoms with Crippen molar-refractivity contribution in [3.8, 4) is 0 Å². The highest BCUT2D eigenvalue weighted by atomic mass is 19.1. The van der Waals surface area contributed by atoms with Crippen LogP contribution in [0.3, 0.4) is 0 Å². The lowest BCUT2D eigenvalue weighted by molar-refractivity contribution is -0.133. The number of halogens is 1. The lowest BCUT2D eigenvalue weighted by atomic mass is 10.1. The van der Waals surface area contributed by atoms with E-state index in [0.717, 1.165) is 6.42 Å². The van der Waals surface area contributed by atoms with Crippen LogP contribution in [0.4, 0.5) is 4.39 Å². The van der Waals surface area contributed by atoms with E-state index in [1.807, 2.05) is 6.92 Å². The summed E-state index contributed by atoms with van der Waals surface area (Å²) in [7, 11) is 1.77. The second-order valence-corrected chi connectivity index (χ2v) is 3.46. The molecule has 0 aromatic rings. The topological polar surface area (TPSA) is 20.3 Å². The van der Waals surface area contributed by atoms with E-state index in [1.165, 1.54) is 0 Å². The summed E-state index contributed by atoms with van der Waals surface area (Å²) in [5.41, 5.74) is 0. The van der Waals surface area contributed by atoms with Gasteiger partial charge in [-0.1, -0.05) is 0 Å². The van der Waals surface area contributed by atoms with Crippen molar-refractivity contribution in [3.63, 3.8) is 0 Å². The van der Waals surface area contributed by atoms with E-state index in [4.69, 9.17) is 0 Å². The molecule has 0 bridgehead atoms. The van der Waals surface area contributed by atoms with Gasteiger partial charge >= 0.3 is 0 Å². The molecule has 12 heavy (non-hydrogen) atoms. The van der Waals surface area contributed by atoms with Crippen LogP contribution in [0.5, 0.6) is 0 Å². The lowest BCUT2D eigenvalue weighted by Gasteiger charge is -2.18. The Balaban J connectivity index is 2.43. The van der Waals surface area contributed by atoms with Crippen molar-refractivity contribution in [1.29, 1.82) is 0 Å². The number of rotatable bonds is 2. The summed E-state index contributed by atoms with van der Waals surface area (Å²) < 4.78 is 12.7. The monoisotopic (exact) mass is 173 g/mol. The Morgan fingerprint density at radius 2 is 2.25 bits per heavy atom. The number of carbonyl (C=O) groups is 1. The predicted octanol–water partition coefficient (Wildman–Crippen LogP) is 1.60. The Morgan fingerprint density at radius 1 is 1.58 bits per heavy atom. The van der Waals surface area contributed by atoms with Crippen LogP contribution in [-0.4, -0.2) is 30.6 Å². The van der Waals surface area contributed by atoms with Gasteiger partial charge in [-0.15, -0.1) is 0 Å². The molecule has 70 valence electrons. The number of alkyl halides is 1. The third-order valence-corrected chi connectivity index (χ3v) is 2.57. The van der Waals surface area contributed by atoms with Gasteiger partial charge in [0, 0.05) is 19.5 Å². The molecule has 0 aromatic heterocycles. The molecule has 1 fully saturated rings. The van der Waals surface area contributed by atoms with Crippen LogP contribution in [0.2, 0.25) is 0 Å². The van der Waals surface area contributed by atoms with Gasteiger partial charge in [0.15, 0.2) is 0 Å². The average Bonchev–Trinajstić information content (AvgIpc) is 2.49. The summed E-state index contributed by atoms with van der Waals surface area (Å²) in [5, 5.41) is 0. The van der Waals surface area contributed by atoms with Crippen LogP contribution in [-0.2, 0) is 4.79 Å². The molecule has 0 spiro atoms. The van der Waals surface area contributed by atoms with E-state index in [0.29, 0.717) is 19.4 Å². The molecule has 0 radical (unpaired) electrons. The van der Waals surface area contributed by atoms with Gasteiger partial charge < -0.3 is 4.90 Å². The SMILES string of the molecule is CCN(C)C(=O)C1CCC(F)C1. The summed E-state index contributed by atoms with van der Waals surface area (Å²) in [5.74, 6) is 0.0580. The first-order valence-electron chi connectivity index (χ1n) is 4.54. The maximum Gasteiger partial charge on any atom is 0.225 e. The molecular formula is C9H16FNO. The normalized spacial score (nSPS) is 28.9. The number of carbonyl (C=O) groups excluding carboxylic acids is 1. The Bertz CT molecular complexity index is 172. The molecule has 0 heterocycles. The first kappa shape index (κ1) is 9.49. The minimum Gasteiger partial charge on any atom is -0.346 e. The van der Waals surface area contributed by atoms with Crippen LogP contribution in [0.25, 0.3) is 0 Å². The number of hydrogen-bond donors (Lipinski definition) is 0. The molecule has 1 aliphatic rings. The van der Waals surface area contributed by atoms with Gasteiger partial charge in [0.2, 0.25) is 5.91 Å². The number of amides is 1. The van der Waals surface area contributed by atoms with Crippen LogP contribution in [0, 0.1) is 5.92 Å². The van der Waals surface area contributed by atoms with E-state index >= 15 is 0 Å². The van der Waals surface area contributed by atoms with E-state index < -0.39 is 6.17 Å². The van der Waals surface area contributed by atoms with Crippen molar-refractivity contribution in [2.45, 2.75) is 32.4 Å². The maximum atomic E-state index is 12.7. The molecule has 3 heteroatoms. The molecule has 2 atom stereocenters. The Kier molecular flexibility index (Phi) is 3.06. The maximum absolute atomic E-state index is 12.7. The van der Waals surface area contributed by atoms with Crippen LogP contribution >= 0.6 is 0 Å². The van der Waals surface area contributed by atoms with E-state index in [2.05, 4.69) is 0 Å². The second-order valence-electron chi connectivity index (χ2n) is 3.46. The zero-order chi connectivity index (χ0) is 9.14. The summed E-state index contributed by atoms with van der Waals surface area (Å²) in [6.07, 6.45) is 0.978. The predicted molar refractivity (Wildman–Crippen MR) is 45.5 cm³/mol. The lowest BCUT2D eigenvalue weighted by Crippen LogP contribution is -2.31. The second kappa shape index (κ2) is 3.87. The molecule has 0 aromatic carbocycles. The Hall–Kier alpha value is -0.600. The van der Waals surface area contributed by atoms with Gasteiger partial charge in [-0.3, -0.25) is 4.79 Å². The summed E-state index contributed by atoms with van der Waals surface area (Å²) in [6.45, 7) is 2.64. The number of nitrogens with zero attached hydrogens (tertiary/aromatic N) is 1. The Morgan fingerprint density at radius 3 is 2.67 bits per heavy atom. The van der Waals surface area contributed by atoms with Gasteiger partial charge in [0.1, 0.15) is 6.17 Å². The largest absolute Gasteiger partial charge is 0.346 e. The highest BCUT2D eigenvalue weighted by Gasteiger charge is 2.30. The fraction of sp³-hybridized carbons (Fsp3) is 0.889. The van der Waals surface area contributed by atoms with Gasteiger partial charge in [0.05, 0.1) is 0 Å². The highest BCUT2D eigenvalue weighted by Crippen LogP contribution is 2.28. The van der Waals surface area contributed by atoms with E-state index in [-0.39, 0.29) is 11.8 Å². The third kappa shape index (κ3) is 1.96. The van der Waals surface area contributed by atoms with E-state index in [1.54, 1.807) is 11.9 Å². The standard InChI is InChI=1S/C9H16FNO/c1-3-11(2)9(12)7-4-5-8(10)6-7/h7-8H,3-6H2,1-2H3. The molecule has 0 saturated heterocycles. The van der Waals surface area contributed by atoms with Crippen molar-refractivity contribution >= 4 is 5.91 Å². The van der Waals surface area contributed by atoms with Crippen LogP contribution < -0.4 is 0 Å². The minimum atomic E-state index is -0.746. The molecule has 1 aliphatic carbocycles. The highest BCUT2D eigenvalue weighted by molar-refractivity contribution is 5.78. The van der Waals surface area contributed by atoms with E-state index in [9.17, 15) is 9.18 Å². The molecule has 2 nitrogen and oxygen atoms in total. The molecule has 2 unspecified atom stereocenters. The van der Waals surface area contributed by atoms with Crippen molar-refractivity contribution in [2.24, 2.45) is 5.92 Å². The smallest absolute Gasteiger partial charge is 0.225 e. The van der Waals surface area contributed by atoms with Crippen molar-refractivity contribution in [2.75, 3.05) is 13.6 Å². The molecule has 1 amide bonds. The molecule has 1 saturated carbocycles. The molecular weight excluding hydrogens is 157 g/mol. The quantitative estimate of drug-likeness (QED) is 0.621. The summed E-state index contributed by atoms with van der Waals surface area (Å²) >= 11 is 0. The van der Waals surface area contributed by atoms with Crippen LogP contribution in [0.1, 0.15) is 26.2 Å². The minimum absolute atomic E-state index is 0.0510. The van der Waals surface area contributed by atoms with Crippen molar-refractivity contribution in [1.82, 2.24) is 4.90 Å². The van der Waals surface area contributed by atoms with Gasteiger partial charge in [-0.2, -0.15) is 0 Å². The third-order valence-electron chi connectivity index (χ3n) is 2.57. The zero-order valence-electron chi connectivity index (χ0n) is 7.72. The molecule has 1 rings (SSSR count). The van der Waals surface area contributed by atoms with Gasteiger partial charge in [0.25, 0.3) is 0 Å². The first-order chi connectivity index (χ1) is 5.65. The average molecular weight is 173 g/mol. The van der Waals surface area contributed by atoms with Crippen LogP contribution in [0.15, 0.2) is 0 Å². The molecule has 0 N–H and O–H groups in total. The fourth-order valence-corrected chi connectivity index (χ4v) is 1.62. The van der Waals surface area contributed by atoms with Crippen molar-refractivity contribution < 1.29 is 9.18 Å². The summed E-state index contributed by atoms with van der Waals surface area (Å²) in [6, 6.07) is 0. The first-order valence-corrected chi connectivity index (χ1v) is 4.54. The summed E-state index contributed by atoms with van der Waals surface area (Å²) in [4.78, 5) is 13.2. The number of hydrogen-bond acceptors (Lipinski definition) is 1. The van der Waals surface area contributed by atoms with Crippen molar-refractivity contribution in [3.05, 3.63) is 0 Å². The van der Waals surface area contributed by atoms with Gasteiger partial charge in [-0.25, -0.2) is 4.39 Å². The van der Waals surface area contributed by atoms with Gasteiger partial charge in [-0.05, 0) is 26.2 Å². The molecule has 0 aliphatic heterocycles. The Labute approximate surface area is 72.7 Å². The zero-order valence-corrected chi connectivity index (χ0v) is 7.72. The fourth-order valence-electron chi connectivity index (χ4n) is 1.62.